The van der Waals surface area contributed by atoms with Gasteiger partial charge in [-0.2, -0.15) is 0 Å². The summed E-state index contributed by atoms with van der Waals surface area (Å²) in [5, 5.41) is 2.60. The van der Waals surface area contributed by atoms with Crippen LogP contribution in [0.5, 0.6) is 0 Å². The summed E-state index contributed by atoms with van der Waals surface area (Å²) in [6.07, 6.45) is 0.166. The summed E-state index contributed by atoms with van der Waals surface area (Å²) >= 11 is 1.58. The molecule has 6 heteroatoms. The summed E-state index contributed by atoms with van der Waals surface area (Å²) in [7, 11) is 0. The number of hydrogen-bond donors (Lipinski definition) is 1. The molecule has 3 rings (SSSR count). The third-order valence-corrected chi connectivity index (χ3v) is 5.97. The van der Waals surface area contributed by atoms with E-state index in [9.17, 15) is 14.0 Å². The predicted octanol–water partition coefficient (Wildman–Crippen LogP) is 4.73. The number of nitrogens with zero attached hydrogens (tertiary/aromatic N) is 1. The first kappa shape index (κ1) is 20.4. The first-order valence-corrected chi connectivity index (χ1v) is 10.4. The SMILES string of the molecule is CC(C)(C)c1ccc([C@@H]2SCC(=O)N2CCC(=O)Nc2cccc(F)c2)cc1. The molecule has 1 atom stereocenters. The average molecular weight is 401 g/mol. The van der Waals surface area contributed by atoms with Crippen LogP contribution in [-0.2, 0) is 15.0 Å². The largest absolute Gasteiger partial charge is 0.326 e. The van der Waals surface area contributed by atoms with Gasteiger partial charge in [0.25, 0.3) is 0 Å². The predicted molar refractivity (Wildman–Crippen MR) is 112 cm³/mol. The summed E-state index contributed by atoms with van der Waals surface area (Å²) in [5.41, 5.74) is 2.80. The zero-order chi connectivity index (χ0) is 20.3. The lowest BCUT2D eigenvalue weighted by atomic mass is 9.86. The molecule has 1 saturated heterocycles. The minimum absolute atomic E-state index is 0.0356. The molecule has 2 aromatic carbocycles. The van der Waals surface area contributed by atoms with Gasteiger partial charge < -0.3 is 10.2 Å². The molecule has 0 unspecified atom stereocenters. The van der Waals surface area contributed by atoms with Crippen molar-refractivity contribution >= 4 is 29.3 Å². The van der Waals surface area contributed by atoms with Crippen LogP contribution < -0.4 is 5.32 Å². The van der Waals surface area contributed by atoms with Crippen LogP contribution in [0.15, 0.2) is 48.5 Å². The maximum atomic E-state index is 13.2. The van der Waals surface area contributed by atoms with Crippen LogP contribution in [0, 0.1) is 5.82 Å². The Bertz CT molecular complexity index is 862. The highest BCUT2D eigenvalue weighted by atomic mass is 32.2. The molecule has 1 fully saturated rings. The first-order chi connectivity index (χ1) is 13.2. The normalized spacial score (nSPS) is 17.1. The van der Waals surface area contributed by atoms with Gasteiger partial charge in [-0.05, 0) is 34.7 Å². The summed E-state index contributed by atoms with van der Waals surface area (Å²) in [6, 6.07) is 14.1. The van der Waals surface area contributed by atoms with E-state index >= 15 is 0 Å². The second kappa shape index (κ2) is 8.35. The topological polar surface area (TPSA) is 49.4 Å². The maximum absolute atomic E-state index is 13.2. The van der Waals surface area contributed by atoms with Crippen molar-refractivity contribution in [2.24, 2.45) is 0 Å². The zero-order valence-electron chi connectivity index (χ0n) is 16.4. The van der Waals surface area contributed by atoms with Gasteiger partial charge >= 0.3 is 0 Å². The number of nitrogens with one attached hydrogen (secondary N) is 1. The van der Waals surface area contributed by atoms with Crippen LogP contribution in [0.1, 0.15) is 43.7 Å². The van der Waals surface area contributed by atoms with Crippen LogP contribution >= 0.6 is 11.8 Å². The molecule has 2 amide bonds. The van der Waals surface area contributed by atoms with Gasteiger partial charge in [-0.1, -0.05) is 51.1 Å². The maximum Gasteiger partial charge on any atom is 0.233 e. The Kier molecular flexibility index (Phi) is 6.08. The lowest BCUT2D eigenvalue weighted by Crippen LogP contribution is -2.31. The number of anilines is 1. The fourth-order valence-corrected chi connectivity index (χ4v) is 4.35. The van der Waals surface area contributed by atoms with Crippen molar-refractivity contribution in [3.63, 3.8) is 0 Å². The van der Waals surface area contributed by atoms with Crippen LogP contribution in [0.3, 0.4) is 0 Å². The van der Waals surface area contributed by atoms with Gasteiger partial charge in [0.15, 0.2) is 0 Å². The van der Waals surface area contributed by atoms with Gasteiger partial charge in [0.1, 0.15) is 11.2 Å². The van der Waals surface area contributed by atoms with Crippen molar-refractivity contribution in [2.45, 2.75) is 38.0 Å². The molecule has 0 spiro atoms. The number of carbonyl (C=O) groups excluding carboxylic acids is 2. The van der Waals surface area contributed by atoms with Gasteiger partial charge in [-0.3, -0.25) is 9.59 Å². The quantitative estimate of drug-likeness (QED) is 0.790. The molecular weight excluding hydrogens is 375 g/mol. The Morgan fingerprint density at radius 2 is 1.93 bits per heavy atom. The van der Waals surface area contributed by atoms with Crippen molar-refractivity contribution in [1.82, 2.24) is 4.90 Å². The fraction of sp³-hybridized carbons (Fsp3) is 0.364. The van der Waals surface area contributed by atoms with Crippen molar-refractivity contribution in [3.8, 4) is 0 Å². The van der Waals surface area contributed by atoms with Gasteiger partial charge in [-0.25, -0.2) is 4.39 Å². The molecule has 2 aromatic rings. The second-order valence-corrected chi connectivity index (χ2v) is 9.00. The molecule has 148 valence electrons. The van der Waals surface area contributed by atoms with Crippen molar-refractivity contribution in [1.29, 1.82) is 0 Å². The minimum Gasteiger partial charge on any atom is -0.326 e. The Morgan fingerprint density at radius 3 is 2.57 bits per heavy atom. The molecule has 0 aliphatic carbocycles. The molecule has 0 aromatic heterocycles. The van der Waals surface area contributed by atoms with E-state index in [4.69, 9.17) is 0 Å². The first-order valence-electron chi connectivity index (χ1n) is 9.31. The summed E-state index contributed by atoms with van der Waals surface area (Å²) in [4.78, 5) is 26.3. The van der Waals surface area contributed by atoms with Gasteiger partial charge in [0.05, 0.1) is 5.75 Å². The summed E-state index contributed by atoms with van der Waals surface area (Å²) < 4.78 is 13.2. The highest BCUT2D eigenvalue weighted by molar-refractivity contribution is 8.00. The number of rotatable bonds is 5. The van der Waals surface area contributed by atoms with Crippen LogP contribution in [0.4, 0.5) is 10.1 Å². The number of amides is 2. The number of halogens is 1. The number of carbonyl (C=O) groups is 2. The lowest BCUT2D eigenvalue weighted by molar-refractivity contribution is -0.128. The van der Waals surface area contributed by atoms with E-state index in [0.717, 1.165) is 5.56 Å². The fourth-order valence-electron chi connectivity index (χ4n) is 3.13. The smallest absolute Gasteiger partial charge is 0.233 e. The molecule has 1 heterocycles. The Morgan fingerprint density at radius 1 is 1.21 bits per heavy atom. The average Bonchev–Trinajstić information content (AvgIpc) is 3.00. The van der Waals surface area contributed by atoms with Gasteiger partial charge in [0.2, 0.25) is 11.8 Å². The van der Waals surface area contributed by atoms with Crippen molar-refractivity contribution in [3.05, 3.63) is 65.5 Å². The molecule has 0 radical (unpaired) electrons. The van der Waals surface area contributed by atoms with Gasteiger partial charge in [-0.15, -0.1) is 11.8 Å². The molecule has 1 N–H and O–H groups in total. The molecule has 0 bridgehead atoms. The van der Waals surface area contributed by atoms with E-state index in [1.807, 2.05) is 0 Å². The molecule has 1 aliphatic heterocycles. The molecule has 1 aliphatic rings. The number of hydrogen-bond acceptors (Lipinski definition) is 3. The van der Waals surface area contributed by atoms with E-state index in [0.29, 0.717) is 18.0 Å². The minimum atomic E-state index is -0.400. The molecule has 28 heavy (non-hydrogen) atoms. The Hall–Kier alpha value is -2.34. The molecule has 0 saturated carbocycles. The highest BCUT2D eigenvalue weighted by Gasteiger charge is 2.33. The van der Waals surface area contributed by atoms with E-state index < -0.39 is 5.82 Å². The van der Waals surface area contributed by atoms with Crippen LogP contribution in [0.2, 0.25) is 0 Å². The van der Waals surface area contributed by atoms with Crippen molar-refractivity contribution < 1.29 is 14.0 Å². The molecular formula is C22H25FN2O2S. The van der Waals surface area contributed by atoms with Crippen LogP contribution in [0.25, 0.3) is 0 Å². The van der Waals surface area contributed by atoms with E-state index in [2.05, 4.69) is 50.4 Å². The number of thioether (sulfide) groups is 1. The van der Waals surface area contributed by atoms with E-state index in [1.165, 1.54) is 17.7 Å². The number of benzene rings is 2. The second-order valence-electron chi connectivity index (χ2n) is 7.93. The highest BCUT2D eigenvalue weighted by Crippen LogP contribution is 2.39. The molecule has 4 nitrogen and oxygen atoms in total. The zero-order valence-corrected chi connectivity index (χ0v) is 17.2. The van der Waals surface area contributed by atoms with E-state index in [-0.39, 0.29) is 29.0 Å². The third-order valence-electron chi connectivity index (χ3n) is 4.72. The lowest BCUT2D eigenvalue weighted by Gasteiger charge is -2.25. The van der Waals surface area contributed by atoms with Gasteiger partial charge in [0, 0.05) is 18.7 Å². The van der Waals surface area contributed by atoms with Crippen LogP contribution in [-0.4, -0.2) is 29.0 Å². The van der Waals surface area contributed by atoms with E-state index in [1.54, 1.807) is 28.8 Å². The summed E-state index contributed by atoms with van der Waals surface area (Å²) in [6.45, 7) is 6.83. The Labute approximate surface area is 169 Å². The summed E-state index contributed by atoms with van der Waals surface area (Å²) in [5.74, 6) is -0.190. The third kappa shape index (κ3) is 4.93. The monoisotopic (exact) mass is 400 g/mol. The Balaban J connectivity index is 1.63. The standard InChI is InChI=1S/C22H25FN2O2S/c1-22(2,3)16-9-7-15(8-10-16)21-25(20(27)14-28-21)12-11-19(26)24-18-6-4-5-17(23)13-18/h4-10,13,21H,11-12,14H2,1-3H3,(H,24,26)/t21-/m0/s1. The van der Waals surface area contributed by atoms with Crippen molar-refractivity contribution in [2.75, 3.05) is 17.6 Å².